The molecule has 0 bridgehead atoms. The Morgan fingerprint density at radius 2 is 2.14 bits per heavy atom. The van der Waals surface area contributed by atoms with Gasteiger partial charge in [0, 0.05) is 5.41 Å². The number of carboxylic acids is 1. The van der Waals surface area contributed by atoms with Crippen LogP contribution in [0.3, 0.4) is 0 Å². The van der Waals surface area contributed by atoms with Crippen LogP contribution in [0.5, 0.6) is 0 Å². The van der Waals surface area contributed by atoms with E-state index in [-0.39, 0.29) is 5.41 Å². The lowest BCUT2D eigenvalue weighted by atomic mass is 9.72. The number of hydrogen-bond donors (Lipinski definition) is 2. The van der Waals surface area contributed by atoms with Gasteiger partial charge in [0.1, 0.15) is 6.04 Å². The molecule has 1 fully saturated rings. The fourth-order valence-electron chi connectivity index (χ4n) is 2.27. The molecule has 4 heteroatoms. The van der Waals surface area contributed by atoms with E-state index in [0.29, 0.717) is 19.1 Å². The number of likely N-dealkylation sites (N-methyl/N-ethyl adjacent to an activating group) is 1. The highest BCUT2D eigenvalue weighted by Crippen LogP contribution is 2.38. The smallest absolute Gasteiger partial charge is 0.321 e. The van der Waals surface area contributed by atoms with Crippen molar-refractivity contribution in [3.05, 3.63) is 0 Å². The lowest BCUT2D eigenvalue weighted by Crippen LogP contribution is -2.60. The Bertz CT molecular complexity index is 211. The Morgan fingerprint density at radius 3 is 2.36 bits per heavy atom. The van der Waals surface area contributed by atoms with Gasteiger partial charge < -0.3 is 15.2 Å². The van der Waals surface area contributed by atoms with E-state index < -0.39 is 12.0 Å². The summed E-state index contributed by atoms with van der Waals surface area (Å²) < 4.78 is 5.17. The summed E-state index contributed by atoms with van der Waals surface area (Å²) in [6, 6.07) is -0.487. The molecule has 0 spiro atoms. The van der Waals surface area contributed by atoms with Crippen molar-refractivity contribution in [1.82, 2.24) is 5.32 Å². The highest BCUT2D eigenvalue weighted by Gasteiger charge is 2.48. The molecule has 1 aliphatic rings. The van der Waals surface area contributed by atoms with Gasteiger partial charge in [-0.25, -0.2) is 0 Å². The molecule has 82 valence electrons. The van der Waals surface area contributed by atoms with E-state index in [1.807, 2.05) is 0 Å². The predicted octanol–water partition coefficient (Wildman–Crippen LogP) is 0.722. The van der Waals surface area contributed by atoms with Crippen molar-refractivity contribution in [3.63, 3.8) is 0 Å². The number of rotatable bonds is 5. The standard InChI is InChI=1S/C10H19NO3/c1-7(2)4-10(5-14-6-10)8(11-3)9(12)13/h7-8,11H,4-6H2,1-3H3,(H,12,13). The number of carboxylic acid groups (broad SMARTS) is 1. The number of nitrogens with one attached hydrogen (secondary N) is 1. The number of ether oxygens (including phenoxy) is 1. The molecule has 1 unspecified atom stereocenters. The van der Waals surface area contributed by atoms with Gasteiger partial charge in [-0.15, -0.1) is 0 Å². The second kappa shape index (κ2) is 4.28. The molecule has 0 aliphatic carbocycles. The number of carbonyl (C=O) groups is 1. The van der Waals surface area contributed by atoms with E-state index in [1.54, 1.807) is 7.05 Å². The van der Waals surface area contributed by atoms with Crippen LogP contribution in [0.15, 0.2) is 0 Å². The summed E-state index contributed by atoms with van der Waals surface area (Å²) in [5.41, 5.74) is -0.200. The van der Waals surface area contributed by atoms with Gasteiger partial charge in [-0.1, -0.05) is 13.8 Å². The monoisotopic (exact) mass is 201 g/mol. The largest absolute Gasteiger partial charge is 0.480 e. The fourth-order valence-corrected chi connectivity index (χ4v) is 2.27. The molecule has 4 nitrogen and oxygen atoms in total. The van der Waals surface area contributed by atoms with Crippen LogP contribution in [0.2, 0.25) is 0 Å². The second-order valence-electron chi connectivity index (χ2n) is 4.51. The van der Waals surface area contributed by atoms with Crippen LogP contribution in [0, 0.1) is 11.3 Å². The molecule has 1 rings (SSSR count). The van der Waals surface area contributed by atoms with Crippen molar-refractivity contribution in [2.75, 3.05) is 20.3 Å². The van der Waals surface area contributed by atoms with Gasteiger partial charge in [0.2, 0.25) is 0 Å². The van der Waals surface area contributed by atoms with E-state index in [4.69, 9.17) is 9.84 Å². The van der Waals surface area contributed by atoms with E-state index >= 15 is 0 Å². The molecule has 0 saturated carbocycles. The van der Waals surface area contributed by atoms with Crippen molar-refractivity contribution >= 4 is 5.97 Å². The van der Waals surface area contributed by atoms with Crippen molar-refractivity contribution in [2.45, 2.75) is 26.3 Å². The van der Waals surface area contributed by atoms with Crippen LogP contribution in [0.1, 0.15) is 20.3 Å². The lowest BCUT2D eigenvalue weighted by Gasteiger charge is -2.46. The molecule has 0 aromatic heterocycles. The molecule has 0 aromatic rings. The minimum atomic E-state index is -0.781. The van der Waals surface area contributed by atoms with Gasteiger partial charge in [0.05, 0.1) is 13.2 Å². The maximum atomic E-state index is 11.0. The summed E-state index contributed by atoms with van der Waals surface area (Å²) >= 11 is 0. The molecular weight excluding hydrogens is 182 g/mol. The van der Waals surface area contributed by atoms with E-state index in [0.717, 1.165) is 6.42 Å². The van der Waals surface area contributed by atoms with Crippen LogP contribution in [0.25, 0.3) is 0 Å². The summed E-state index contributed by atoms with van der Waals surface area (Å²) in [5.74, 6) is -0.287. The van der Waals surface area contributed by atoms with E-state index in [2.05, 4.69) is 19.2 Å². The Balaban J connectivity index is 2.71. The Morgan fingerprint density at radius 1 is 1.57 bits per heavy atom. The van der Waals surface area contributed by atoms with Gasteiger partial charge in [-0.2, -0.15) is 0 Å². The molecule has 1 saturated heterocycles. The van der Waals surface area contributed by atoms with Crippen molar-refractivity contribution < 1.29 is 14.6 Å². The normalized spacial score (nSPS) is 21.7. The van der Waals surface area contributed by atoms with Crippen LogP contribution in [-0.2, 0) is 9.53 Å². The zero-order chi connectivity index (χ0) is 10.8. The highest BCUT2D eigenvalue weighted by atomic mass is 16.5. The first kappa shape index (κ1) is 11.5. The first-order valence-electron chi connectivity index (χ1n) is 4.99. The SMILES string of the molecule is CNC(C(=O)O)C1(CC(C)C)COC1. The summed E-state index contributed by atoms with van der Waals surface area (Å²) in [7, 11) is 1.69. The predicted molar refractivity (Wildman–Crippen MR) is 53.2 cm³/mol. The van der Waals surface area contributed by atoms with E-state index in [9.17, 15) is 4.79 Å². The molecule has 0 aromatic carbocycles. The quantitative estimate of drug-likeness (QED) is 0.688. The average Bonchev–Trinajstić information content (AvgIpc) is 1.99. The van der Waals surface area contributed by atoms with Crippen LogP contribution in [-0.4, -0.2) is 37.4 Å². The molecule has 14 heavy (non-hydrogen) atoms. The molecule has 1 aliphatic heterocycles. The average molecular weight is 201 g/mol. The molecule has 2 N–H and O–H groups in total. The van der Waals surface area contributed by atoms with Crippen molar-refractivity contribution in [3.8, 4) is 0 Å². The Hall–Kier alpha value is -0.610. The summed E-state index contributed by atoms with van der Waals surface area (Å²) in [6.45, 7) is 5.33. The van der Waals surface area contributed by atoms with Crippen LogP contribution < -0.4 is 5.32 Å². The fraction of sp³-hybridized carbons (Fsp3) is 0.900. The topological polar surface area (TPSA) is 58.6 Å². The van der Waals surface area contributed by atoms with Crippen molar-refractivity contribution in [2.24, 2.45) is 11.3 Å². The second-order valence-corrected chi connectivity index (χ2v) is 4.51. The maximum Gasteiger partial charge on any atom is 0.321 e. The summed E-state index contributed by atoms with van der Waals surface area (Å²) in [6.07, 6.45) is 0.894. The molecule has 1 atom stereocenters. The lowest BCUT2D eigenvalue weighted by molar-refractivity contribution is -0.169. The molecule has 0 amide bonds. The first-order valence-corrected chi connectivity index (χ1v) is 4.99. The third-order valence-corrected chi connectivity index (χ3v) is 2.74. The molecular formula is C10H19NO3. The number of hydrogen-bond acceptors (Lipinski definition) is 3. The minimum absolute atomic E-state index is 0.200. The van der Waals surface area contributed by atoms with Gasteiger partial charge in [-0.3, -0.25) is 4.79 Å². The van der Waals surface area contributed by atoms with Crippen LogP contribution in [0.4, 0.5) is 0 Å². The first-order chi connectivity index (χ1) is 6.52. The molecule has 1 heterocycles. The minimum Gasteiger partial charge on any atom is -0.480 e. The van der Waals surface area contributed by atoms with Gasteiger partial charge in [0.25, 0.3) is 0 Å². The van der Waals surface area contributed by atoms with Gasteiger partial charge in [0.15, 0.2) is 0 Å². The zero-order valence-electron chi connectivity index (χ0n) is 9.04. The summed E-state index contributed by atoms with van der Waals surface area (Å²) in [4.78, 5) is 11.0. The highest BCUT2D eigenvalue weighted by molar-refractivity contribution is 5.75. The molecule has 0 radical (unpaired) electrons. The van der Waals surface area contributed by atoms with Crippen molar-refractivity contribution in [1.29, 1.82) is 0 Å². The Labute approximate surface area is 84.6 Å². The summed E-state index contributed by atoms with van der Waals surface area (Å²) in [5, 5.41) is 11.9. The van der Waals surface area contributed by atoms with E-state index in [1.165, 1.54) is 0 Å². The van der Waals surface area contributed by atoms with Gasteiger partial charge >= 0.3 is 5.97 Å². The maximum absolute atomic E-state index is 11.0. The third kappa shape index (κ3) is 2.07. The number of aliphatic carboxylic acids is 1. The zero-order valence-corrected chi connectivity index (χ0v) is 9.04. The van der Waals surface area contributed by atoms with Crippen LogP contribution >= 0.6 is 0 Å². The third-order valence-electron chi connectivity index (χ3n) is 2.74. The van der Waals surface area contributed by atoms with Gasteiger partial charge in [-0.05, 0) is 19.4 Å². The Kier molecular flexibility index (Phi) is 3.50.